The predicted molar refractivity (Wildman–Crippen MR) is 58.9 cm³/mol. The van der Waals surface area contributed by atoms with Crippen LogP contribution in [0.4, 0.5) is 0 Å². The summed E-state index contributed by atoms with van der Waals surface area (Å²) < 4.78 is 3.42. The standard InChI is InChI=1S/C10H21GeN/c1-6-12(7-2)10-8-9-11(3,4)5/h6-7,10H2,1-5H3. The summed E-state index contributed by atoms with van der Waals surface area (Å²) in [6.45, 7) is 7.55. The van der Waals surface area contributed by atoms with Gasteiger partial charge in [-0.05, 0) is 0 Å². The van der Waals surface area contributed by atoms with Gasteiger partial charge >= 0.3 is 79.6 Å². The molecule has 0 aromatic carbocycles. The molecule has 0 aromatic heterocycles. The summed E-state index contributed by atoms with van der Waals surface area (Å²) in [4.78, 5) is 2.35. The predicted octanol–water partition coefficient (Wildman–Crippen LogP) is 2.21. The third-order valence-corrected chi connectivity index (χ3v) is 3.60. The monoisotopic (exact) mass is 229 g/mol. The molecule has 0 aromatic rings. The van der Waals surface area contributed by atoms with Gasteiger partial charge in [0, 0.05) is 0 Å². The second-order valence-corrected chi connectivity index (χ2v) is 14.0. The Kier molecular flexibility index (Phi) is 5.69. The fourth-order valence-corrected chi connectivity index (χ4v) is 2.14. The number of rotatable bonds is 3. The Hall–Kier alpha value is 0.0629. The fourth-order valence-electron chi connectivity index (χ4n) is 0.864. The quantitative estimate of drug-likeness (QED) is 0.528. The van der Waals surface area contributed by atoms with Gasteiger partial charge in [-0.3, -0.25) is 0 Å². The minimum atomic E-state index is -1.59. The van der Waals surface area contributed by atoms with Crippen LogP contribution in [0.5, 0.6) is 0 Å². The van der Waals surface area contributed by atoms with Crippen molar-refractivity contribution in [2.24, 2.45) is 0 Å². The van der Waals surface area contributed by atoms with Gasteiger partial charge in [-0.2, -0.15) is 0 Å². The normalized spacial score (nSPS) is 11.2. The van der Waals surface area contributed by atoms with E-state index in [9.17, 15) is 0 Å². The molecular formula is C10H21GeN. The van der Waals surface area contributed by atoms with Crippen molar-refractivity contribution in [2.75, 3.05) is 19.6 Å². The van der Waals surface area contributed by atoms with Crippen LogP contribution in [0.2, 0.25) is 17.3 Å². The fraction of sp³-hybridized carbons (Fsp3) is 0.800. The van der Waals surface area contributed by atoms with E-state index in [2.05, 4.69) is 46.7 Å². The van der Waals surface area contributed by atoms with E-state index in [4.69, 9.17) is 0 Å². The molecule has 12 heavy (non-hydrogen) atoms. The molecule has 0 spiro atoms. The first kappa shape index (κ1) is 12.1. The van der Waals surface area contributed by atoms with E-state index < -0.39 is 13.3 Å². The molecule has 0 heterocycles. The number of hydrogen-bond acceptors (Lipinski definition) is 1. The zero-order valence-electron chi connectivity index (χ0n) is 9.07. The molecule has 0 aliphatic heterocycles. The van der Waals surface area contributed by atoms with Crippen molar-refractivity contribution in [1.29, 1.82) is 0 Å². The van der Waals surface area contributed by atoms with Gasteiger partial charge in [0.1, 0.15) is 0 Å². The number of nitrogens with zero attached hydrogens (tertiary/aromatic N) is 1. The van der Waals surface area contributed by atoms with E-state index in [1.54, 1.807) is 0 Å². The molecule has 0 aliphatic rings. The Bertz CT molecular complexity index is 167. The number of hydrogen-bond donors (Lipinski definition) is 0. The molecule has 0 unspecified atom stereocenters. The summed E-state index contributed by atoms with van der Waals surface area (Å²) in [7, 11) is 0. The van der Waals surface area contributed by atoms with Crippen LogP contribution in [0, 0.1) is 10.7 Å². The molecule has 0 amide bonds. The molecule has 0 N–H and O–H groups in total. The maximum atomic E-state index is 3.42. The van der Waals surface area contributed by atoms with E-state index >= 15 is 0 Å². The zero-order chi connectivity index (χ0) is 9.61. The molecule has 70 valence electrons. The zero-order valence-corrected chi connectivity index (χ0v) is 11.2. The molecular weight excluding hydrogens is 207 g/mol. The Morgan fingerprint density at radius 1 is 1.08 bits per heavy atom. The first-order valence-corrected chi connectivity index (χ1v) is 12.1. The van der Waals surface area contributed by atoms with Crippen molar-refractivity contribution in [3.63, 3.8) is 0 Å². The third kappa shape index (κ3) is 6.75. The maximum absolute atomic E-state index is 3.42. The molecule has 0 saturated heterocycles. The van der Waals surface area contributed by atoms with Crippen LogP contribution in [-0.2, 0) is 0 Å². The van der Waals surface area contributed by atoms with Crippen molar-refractivity contribution in [1.82, 2.24) is 4.90 Å². The van der Waals surface area contributed by atoms with Crippen molar-refractivity contribution in [2.45, 2.75) is 31.1 Å². The van der Waals surface area contributed by atoms with Gasteiger partial charge < -0.3 is 0 Å². The average molecular weight is 228 g/mol. The molecule has 0 saturated carbocycles. The molecule has 0 aliphatic carbocycles. The Labute approximate surface area is 79.9 Å². The van der Waals surface area contributed by atoms with Crippen LogP contribution in [0.15, 0.2) is 0 Å². The van der Waals surface area contributed by atoms with Crippen molar-refractivity contribution in [3.8, 4) is 10.7 Å². The second-order valence-electron chi connectivity index (χ2n) is 4.01. The van der Waals surface area contributed by atoms with E-state index in [0.717, 1.165) is 19.6 Å². The first-order chi connectivity index (χ1) is 5.49. The van der Waals surface area contributed by atoms with Gasteiger partial charge in [-0.25, -0.2) is 0 Å². The Balaban J connectivity index is 3.84. The summed E-state index contributed by atoms with van der Waals surface area (Å²) in [5.41, 5.74) is 0. The molecule has 1 nitrogen and oxygen atoms in total. The summed E-state index contributed by atoms with van der Waals surface area (Å²) in [5.74, 6) is 10.3. The summed E-state index contributed by atoms with van der Waals surface area (Å²) in [5, 5.41) is 0. The van der Waals surface area contributed by atoms with Crippen LogP contribution in [0.3, 0.4) is 0 Å². The van der Waals surface area contributed by atoms with Crippen LogP contribution in [-0.4, -0.2) is 37.8 Å². The van der Waals surface area contributed by atoms with E-state index in [0.29, 0.717) is 0 Å². The van der Waals surface area contributed by atoms with Gasteiger partial charge in [0.05, 0.1) is 0 Å². The Morgan fingerprint density at radius 2 is 1.58 bits per heavy atom. The molecule has 0 fully saturated rings. The molecule has 0 atom stereocenters. The van der Waals surface area contributed by atoms with Gasteiger partial charge in [-0.15, -0.1) is 0 Å². The SMILES string of the molecule is CCN(CC)CC#[C][Ge]([CH3])([CH3])[CH3]. The van der Waals surface area contributed by atoms with Crippen LogP contribution >= 0.6 is 0 Å². The third-order valence-electron chi connectivity index (χ3n) is 1.66. The van der Waals surface area contributed by atoms with Crippen molar-refractivity contribution in [3.05, 3.63) is 0 Å². The van der Waals surface area contributed by atoms with Crippen molar-refractivity contribution < 1.29 is 0 Å². The molecule has 2 heteroatoms. The van der Waals surface area contributed by atoms with Gasteiger partial charge in [0.25, 0.3) is 0 Å². The average Bonchev–Trinajstić information content (AvgIpc) is 1.96. The summed E-state index contributed by atoms with van der Waals surface area (Å²) in [6, 6.07) is 0. The van der Waals surface area contributed by atoms with Crippen LogP contribution in [0.1, 0.15) is 13.8 Å². The van der Waals surface area contributed by atoms with Gasteiger partial charge in [-0.1, -0.05) is 0 Å². The van der Waals surface area contributed by atoms with Crippen LogP contribution < -0.4 is 0 Å². The van der Waals surface area contributed by atoms with Gasteiger partial charge in [0.15, 0.2) is 0 Å². The van der Waals surface area contributed by atoms with E-state index in [1.807, 2.05) is 0 Å². The molecule has 0 rings (SSSR count). The van der Waals surface area contributed by atoms with Crippen molar-refractivity contribution >= 4 is 13.3 Å². The summed E-state index contributed by atoms with van der Waals surface area (Å²) in [6.07, 6.45) is 0. The Morgan fingerprint density at radius 3 is 1.92 bits per heavy atom. The van der Waals surface area contributed by atoms with Crippen LogP contribution in [0.25, 0.3) is 0 Å². The first-order valence-electron chi connectivity index (χ1n) is 4.72. The topological polar surface area (TPSA) is 3.24 Å². The summed E-state index contributed by atoms with van der Waals surface area (Å²) >= 11 is -1.59. The second kappa shape index (κ2) is 5.66. The molecule has 0 radical (unpaired) electrons. The van der Waals surface area contributed by atoms with E-state index in [1.165, 1.54) is 0 Å². The minimum absolute atomic E-state index is 0.954. The molecule has 0 bridgehead atoms. The van der Waals surface area contributed by atoms with Gasteiger partial charge in [0.2, 0.25) is 0 Å². The van der Waals surface area contributed by atoms with E-state index in [-0.39, 0.29) is 0 Å².